The Morgan fingerprint density at radius 3 is 2.44 bits per heavy atom. The lowest BCUT2D eigenvalue weighted by Gasteiger charge is -2.18. The maximum atomic E-state index is 13.4. The first-order valence-electron chi connectivity index (χ1n) is 10.1. The van der Waals surface area contributed by atoms with Crippen LogP contribution >= 0.6 is 11.3 Å². The lowest BCUT2D eigenvalue weighted by molar-refractivity contribution is -0.115. The number of hydrogen-bond donors (Lipinski definition) is 2. The third-order valence-corrected chi connectivity index (χ3v) is 6.25. The highest BCUT2D eigenvalue weighted by Gasteiger charge is 2.20. The maximum absolute atomic E-state index is 13.4. The molecule has 0 saturated carbocycles. The van der Waals surface area contributed by atoms with E-state index in [2.05, 4.69) is 10.6 Å². The predicted molar refractivity (Wildman–Crippen MR) is 125 cm³/mol. The number of para-hydroxylation sites is 1. The van der Waals surface area contributed by atoms with E-state index in [9.17, 15) is 14.0 Å². The van der Waals surface area contributed by atoms with Crippen LogP contribution in [0.5, 0.6) is 0 Å². The smallest absolute Gasteiger partial charge is 0.295 e. The molecule has 0 bridgehead atoms. The van der Waals surface area contributed by atoms with Gasteiger partial charge in [-0.25, -0.2) is 9.07 Å². The average Bonchev–Trinajstić information content (AvgIpc) is 3.39. The lowest BCUT2D eigenvalue weighted by atomic mass is 10.1. The number of carbonyl (C=O) groups excluding carboxylic acids is 1. The van der Waals surface area contributed by atoms with E-state index in [1.807, 2.05) is 47.8 Å². The van der Waals surface area contributed by atoms with E-state index in [1.165, 1.54) is 16.8 Å². The fraction of sp³-hybridized carbons (Fsp3) is 0.167. The molecule has 0 aliphatic rings. The van der Waals surface area contributed by atoms with Crippen LogP contribution in [0.25, 0.3) is 5.69 Å². The topological polar surface area (TPSA) is 68.1 Å². The number of thiophene rings is 1. The Labute approximate surface area is 188 Å². The van der Waals surface area contributed by atoms with E-state index in [0.29, 0.717) is 5.69 Å². The largest absolute Gasteiger partial charge is 0.319 e. The standard InChI is InChI=1S/C24H23FN4O2S/c1-16-22(24(31)29(28(16)2)19-7-4-3-5-8-19)27-21(30)15-26-23(20-9-6-14-32-20)17-10-12-18(25)13-11-17/h3-14,23,26H,15H2,1-2H3,(H,27,30). The highest BCUT2D eigenvalue weighted by Crippen LogP contribution is 2.26. The second-order valence-electron chi connectivity index (χ2n) is 7.37. The van der Waals surface area contributed by atoms with Gasteiger partial charge in [0.2, 0.25) is 5.91 Å². The Morgan fingerprint density at radius 2 is 1.78 bits per heavy atom. The summed E-state index contributed by atoms with van der Waals surface area (Å²) in [5, 5.41) is 7.94. The van der Waals surface area contributed by atoms with Crippen molar-refractivity contribution in [2.45, 2.75) is 13.0 Å². The van der Waals surface area contributed by atoms with Gasteiger partial charge in [0, 0.05) is 11.9 Å². The van der Waals surface area contributed by atoms with E-state index in [4.69, 9.17) is 0 Å². The molecule has 1 unspecified atom stereocenters. The molecular weight excluding hydrogens is 427 g/mol. The van der Waals surface area contributed by atoms with E-state index < -0.39 is 0 Å². The van der Waals surface area contributed by atoms with Crippen molar-refractivity contribution in [1.82, 2.24) is 14.7 Å². The molecule has 164 valence electrons. The van der Waals surface area contributed by atoms with Gasteiger partial charge in [0.25, 0.3) is 5.56 Å². The van der Waals surface area contributed by atoms with Crippen LogP contribution in [0.2, 0.25) is 0 Å². The molecule has 0 radical (unpaired) electrons. The van der Waals surface area contributed by atoms with Gasteiger partial charge in [0.05, 0.1) is 24.0 Å². The molecule has 2 aromatic carbocycles. The molecular formula is C24H23FN4O2S. The van der Waals surface area contributed by atoms with E-state index in [0.717, 1.165) is 16.1 Å². The number of amides is 1. The first kappa shape index (κ1) is 21.7. The lowest BCUT2D eigenvalue weighted by Crippen LogP contribution is -2.33. The molecule has 4 aromatic rings. The van der Waals surface area contributed by atoms with E-state index in [1.54, 1.807) is 42.1 Å². The summed E-state index contributed by atoms with van der Waals surface area (Å²) < 4.78 is 16.6. The van der Waals surface area contributed by atoms with E-state index >= 15 is 0 Å². The molecule has 2 heterocycles. The summed E-state index contributed by atoms with van der Waals surface area (Å²) in [6.07, 6.45) is 0. The Bertz CT molecular complexity index is 1260. The number of nitrogens with one attached hydrogen (secondary N) is 2. The number of aromatic nitrogens is 2. The normalized spacial score (nSPS) is 12.0. The number of anilines is 1. The number of nitrogens with zero attached hydrogens (tertiary/aromatic N) is 2. The number of benzene rings is 2. The number of hydrogen-bond acceptors (Lipinski definition) is 4. The minimum Gasteiger partial charge on any atom is -0.319 e. The van der Waals surface area contributed by atoms with Crippen molar-refractivity contribution in [3.63, 3.8) is 0 Å². The Hall–Kier alpha value is -3.49. The van der Waals surface area contributed by atoms with Crippen LogP contribution in [0.1, 0.15) is 22.2 Å². The number of rotatable bonds is 7. The van der Waals surface area contributed by atoms with Gasteiger partial charge in [0.15, 0.2) is 0 Å². The second kappa shape index (κ2) is 9.33. The molecule has 0 aliphatic carbocycles. The summed E-state index contributed by atoms with van der Waals surface area (Å²) in [4.78, 5) is 26.8. The fourth-order valence-electron chi connectivity index (χ4n) is 3.58. The summed E-state index contributed by atoms with van der Waals surface area (Å²) in [5.41, 5.74) is 2.18. The van der Waals surface area contributed by atoms with Crippen LogP contribution in [-0.2, 0) is 11.8 Å². The van der Waals surface area contributed by atoms with Gasteiger partial charge in [0.1, 0.15) is 11.5 Å². The predicted octanol–water partition coefficient (Wildman–Crippen LogP) is 4.00. The Kier molecular flexibility index (Phi) is 6.34. The summed E-state index contributed by atoms with van der Waals surface area (Å²) in [6.45, 7) is 1.77. The van der Waals surface area contributed by atoms with Crippen molar-refractivity contribution in [2.24, 2.45) is 7.05 Å². The summed E-state index contributed by atoms with van der Waals surface area (Å²) >= 11 is 1.55. The highest BCUT2D eigenvalue weighted by molar-refractivity contribution is 7.10. The summed E-state index contributed by atoms with van der Waals surface area (Å²) in [5.74, 6) is -0.648. The van der Waals surface area contributed by atoms with Crippen molar-refractivity contribution < 1.29 is 9.18 Å². The first-order chi connectivity index (χ1) is 15.5. The minimum atomic E-state index is -0.334. The molecule has 2 N–H and O–H groups in total. The van der Waals surface area contributed by atoms with Crippen molar-refractivity contribution in [3.05, 3.63) is 104 Å². The van der Waals surface area contributed by atoms with E-state index in [-0.39, 0.29) is 35.6 Å². The summed E-state index contributed by atoms with van der Waals surface area (Å²) in [7, 11) is 1.78. The molecule has 0 fully saturated rings. The van der Waals surface area contributed by atoms with Crippen molar-refractivity contribution in [2.75, 3.05) is 11.9 Å². The number of halogens is 1. The molecule has 2 aromatic heterocycles. The molecule has 6 nitrogen and oxygen atoms in total. The highest BCUT2D eigenvalue weighted by atomic mass is 32.1. The first-order valence-corrected chi connectivity index (χ1v) is 11.0. The van der Waals surface area contributed by atoms with Crippen LogP contribution in [-0.4, -0.2) is 21.8 Å². The SMILES string of the molecule is Cc1c(NC(=O)CNC(c2ccc(F)cc2)c2cccs2)c(=O)n(-c2ccccc2)n1C. The minimum absolute atomic E-state index is 0.0148. The Balaban J connectivity index is 1.52. The van der Waals surface area contributed by atoms with Crippen molar-refractivity contribution in [3.8, 4) is 5.69 Å². The second-order valence-corrected chi connectivity index (χ2v) is 8.34. The van der Waals surface area contributed by atoms with Gasteiger partial charge >= 0.3 is 0 Å². The van der Waals surface area contributed by atoms with Crippen LogP contribution in [0.4, 0.5) is 10.1 Å². The molecule has 0 spiro atoms. The average molecular weight is 451 g/mol. The molecule has 32 heavy (non-hydrogen) atoms. The van der Waals surface area contributed by atoms with Crippen LogP contribution in [0.3, 0.4) is 0 Å². The van der Waals surface area contributed by atoms with Gasteiger partial charge < -0.3 is 5.32 Å². The van der Waals surface area contributed by atoms with Crippen LogP contribution in [0.15, 0.2) is 76.9 Å². The van der Waals surface area contributed by atoms with Gasteiger partial charge in [-0.1, -0.05) is 36.4 Å². The van der Waals surface area contributed by atoms with Crippen molar-refractivity contribution in [1.29, 1.82) is 0 Å². The molecule has 1 amide bonds. The summed E-state index contributed by atoms with van der Waals surface area (Å²) in [6, 6.07) is 19.1. The zero-order valence-corrected chi connectivity index (χ0v) is 18.5. The fourth-order valence-corrected chi connectivity index (χ4v) is 4.41. The van der Waals surface area contributed by atoms with Gasteiger partial charge in [-0.15, -0.1) is 11.3 Å². The quantitative estimate of drug-likeness (QED) is 0.447. The molecule has 0 saturated heterocycles. The van der Waals surface area contributed by atoms with Crippen LogP contribution < -0.4 is 16.2 Å². The molecule has 4 rings (SSSR count). The Morgan fingerprint density at radius 1 is 1.06 bits per heavy atom. The van der Waals surface area contributed by atoms with Crippen LogP contribution in [0, 0.1) is 12.7 Å². The third kappa shape index (κ3) is 4.42. The van der Waals surface area contributed by atoms with Gasteiger partial charge in [-0.05, 0) is 48.2 Å². The maximum Gasteiger partial charge on any atom is 0.295 e. The molecule has 8 heteroatoms. The number of carbonyl (C=O) groups is 1. The van der Waals surface area contributed by atoms with Gasteiger partial charge in [-0.2, -0.15) is 0 Å². The van der Waals surface area contributed by atoms with Crippen molar-refractivity contribution >= 4 is 22.9 Å². The zero-order chi connectivity index (χ0) is 22.7. The zero-order valence-electron chi connectivity index (χ0n) is 17.7. The molecule has 0 aliphatic heterocycles. The van der Waals surface area contributed by atoms with Gasteiger partial charge in [-0.3, -0.25) is 19.6 Å². The monoisotopic (exact) mass is 450 g/mol. The third-order valence-electron chi connectivity index (χ3n) is 5.32. The molecule has 1 atom stereocenters.